The molecule has 96 valence electrons. The molecule has 3 N–H and O–H groups in total. The highest BCUT2D eigenvalue weighted by atomic mass is 19.4. The first-order chi connectivity index (χ1) is 7.64. The Morgan fingerprint density at radius 1 is 1.00 bits per heavy atom. The van der Waals surface area contributed by atoms with Gasteiger partial charge in [0.15, 0.2) is 17.7 Å². The summed E-state index contributed by atoms with van der Waals surface area (Å²) < 4.78 is 74.5. The zero-order valence-corrected chi connectivity index (χ0v) is 8.10. The second kappa shape index (κ2) is 4.53. The zero-order valence-electron chi connectivity index (χ0n) is 8.10. The van der Waals surface area contributed by atoms with E-state index in [1.54, 1.807) is 0 Å². The Hall–Kier alpha value is -1.28. The molecule has 17 heavy (non-hydrogen) atoms. The molecule has 0 aliphatic carbocycles. The van der Waals surface area contributed by atoms with Gasteiger partial charge in [0.25, 0.3) is 0 Å². The molecule has 0 aliphatic heterocycles. The Balaban J connectivity index is 3.13. The molecule has 0 radical (unpaired) electrons. The predicted molar refractivity (Wildman–Crippen MR) is 45.3 cm³/mol. The second-order valence-electron chi connectivity index (χ2n) is 3.30. The van der Waals surface area contributed by atoms with Crippen molar-refractivity contribution in [3.05, 3.63) is 35.1 Å². The number of aliphatic hydroxyl groups excluding tert-OH is 1. The minimum atomic E-state index is -5.09. The summed E-state index contributed by atoms with van der Waals surface area (Å²) in [4.78, 5) is 0. The normalized spacial score (nSPS) is 15.8. The molecule has 0 saturated heterocycles. The van der Waals surface area contributed by atoms with Crippen LogP contribution >= 0.6 is 0 Å². The van der Waals surface area contributed by atoms with Crippen LogP contribution in [-0.4, -0.2) is 17.4 Å². The van der Waals surface area contributed by atoms with Crippen LogP contribution in [0.4, 0.5) is 26.3 Å². The van der Waals surface area contributed by atoms with Crippen molar-refractivity contribution in [3.63, 3.8) is 0 Å². The topological polar surface area (TPSA) is 46.2 Å². The Kier molecular flexibility index (Phi) is 3.68. The lowest BCUT2D eigenvalue weighted by Crippen LogP contribution is -2.39. The third-order valence-electron chi connectivity index (χ3n) is 2.07. The van der Waals surface area contributed by atoms with Crippen LogP contribution in [0.1, 0.15) is 11.6 Å². The van der Waals surface area contributed by atoms with E-state index in [-0.39, 0.29) is 12.1 Å². The van der Waals surface area contributed by atoms with Crippen molar-refractivity contribution >= 4 is 0 Å². The lowest BCUT2D eigenvalue weighted by atomic mass is 10.0. The molecule has 0 saturated carbocycles. The van der Waals surface area contributed by atoms with Crippen LogP contribution in [0.5, 0.6) is 0 Å². The Morgan fingerprint density at radius 3 is 1.94 bits per heavy atom. The minimum Gasteiger partial charge on any atom is -0.382 e. The van der Waals surface area contributed by atoms with E-state index in [0.29, 0.717) is 0 Å². The monoisotopic (exact) mass is 259 g/mol. The number of benzene rings is 1. The van der Waals surface area contributed by atoms with Gasteiger partial charge in [-0.1, -0.05) is 0 Å². The largest absolute Gasteiger partial charge is 0.416 e. The number of hydrogen-bond acceptors (Lipinski definition) is 2. The molecular formula is C9H7F6NO. The maximum atomic E-state index is 13.1. The molecule has 0 aromatic heterocycles. The second-order valence-corrected chi connectivity index (χ2v) is 3.30. The average Bonchev–Trinajstić information content (AvgIpc) is 2.20. The van der Waals surface area contributed by atoms with Crippen molar-refractivity contribution in [1.29, 1.82) is 0 Å². The first-order valence-corrected chi connectivity index (χ1v) is 4.29. The van der Waals surface area contributed by atoms with Gasteiger partial charge in [0.1, 0.15) is 5.82 Å². The van der Waals surface area contributed by atoms with E-state index in [1.807, 2.05) is 0 Å². The fourth-order valence-corrected chi connectivity index (χ4v) is 1.17. The highest BCUT2D eigenvalue weighted by molar-refractivity contribution is 5.24. The van der Waals surface area contributed by atoms with Gasteiger partial charge in [-0.2, -0.15) is 13.2 Å². The Labute approximate surface area is 91.7 Å². The van der Waals surface area contributed by atoms with Crippen LogP contribution in [-0.2, 0) is 0 Å². The number of halogens is 6. The molecule has 0 unspecified atom stereocenters. The van der Waals surface area contributed by atoms with E-state index in [1.165, 1.54) is 0 Å². The van der Waals surface area contributed by atoms with Gasteiger partial charge in [0.2, 0.25) is 0 Å². The van der Waals surface area contributed by atoms with Gasteiger partial charge in [-0.25, -0.2) is 13.2 Å². The third kappa shape index (κ3) is 2.89. The van der Waals surface area contributed by atoms with Gasteiger partial charge in [-0.15, -0.1) is 0 Å². The zero-order chi connectivity index (χ0) is 13.4. The lowest BCUT2D eigenvalue weighted by Gasteiger charge is -2.22. The standard InChI is InChI=1S/C9H7F6NO/c10-4-2-6(12)5(11)1-3(4)7(16)8(17)9(13,14)15/h1-2,7-8,17H,16H2/t7-,8-/m0/s1. The van der Waals surface area contributed by atoms with Crippen molar-refractivity contribution in [2.75, 3.05) is 0 Å². The summed E-state index contributed by atoms with van der Waals surface area (Å²) in [5.74, 6) is -4.56. The highest BCUT2D eigenvalue weighted by Gasteiger charge is 2.43. The highest BCUT2D eigenvalue weighted by Crippen LogP contribution is 2.30. The summed E-state index contributed by atoms with van der Waals surface area (Å²) in [6.45, 7) is 0. The molecule has 1 rings (SSSR count). The van der Waals surface area contributed by atoms with Crippen molar-refractivity contribution in [1.82, 2.24) is 0 Å². The molecular weight excluding hydrogens is 252 g/mol. The summed E-state index contributed by atoms with van der Waals surface area (Å²) in [5.41, 5.74) is 4.00. The van der Waals surface area contributed by atoms with Crippen LogP contribution in [0, 0.1) is 17.5 Å². The molecule has 0 spiro atoms. The first kappa shape index (κ1) is 13.8. The fraction of sp³-hybridized carbons (Fsp3) is 0.333. The summed E-state index contributed by atoms with van der Waals surface area (Å²) in [5, 5.41) is 8.76. The van der Waals surface area contributed by atoms with E-state index in [4.69, 9.17) is 10.8 Å². The molecule has 2 atom stereocenters. The summed E-state index contributed by atoms with van der Waals surface area (Å²) in [6.07, 6.45) is -8.15. The number of aliphatic hydroxyl groups is 1. The smallest absolute Gasteiger partial charge is 0.382 e. The van der Waals surface area contributed by atoms with Crippen LogP contribution in [0.25, 0.3) is 0 Å². The molecule has 0 heterocycles. The quantitative estimate of drug-likeness (QED) is 0.630. The van der Waals surface area contributed by atoms with Crippen molar-refractivity contribution < 1.29 is 31.4 Å². The van der Waals surface area contributed by atoms with E-state index in [9.17, 15) is 26.3 Å². The third-order valence-corrected chi connectivity index (χ3v) is 2.07. The van der Waals surface area contributed by atoms with Crippen LogP contribution < -0.4 is 5.73 Å². The summed E-state index contributed by atoms with van der Waals surface area (Å²) >= 11 is 0. The summed E-state index contributed by atoms with van der Waals surface area (Å²) in [7, 11) is 0. The predicted octanol–water partition coefficient (Wildman–Crippen LogP) is 2.03. The van der Waals surface area contributed by atoms with Gasteiger partial charge in [0, 0.05) is 11.6 Å². The number of hydrogen-bond donors (Lipinski definition) is 2. The fourth-order valence-electron chi connectivity index (χ4n) is 1.17. The average molecular weight is 259 g/mol. The van der Waals surface area contributed by atoms with Crippen molar-refractivity contribution in [2.45, 2.75) is 18.3 Å². The van der Waals surface area contributed by atoms with Gasteiger partial charge in [0.05, 0.1) is 6.04 Å². The SMILES string of the molecule is N[C@@H](c1cc(F)c(F)cc1F)[C@H](O)C(F)(F)F. The van der Waals surface area contributed by atoms with Crippen LogP contribution in [0.15, 0.2) is 12.1 Å². The maximum absolute atomic E-state index is 13.1. The van der Waals surface area contributed by atoms with E-state index in [0.717, 1.165) is 0 Å². The van der Waals surface area contributed by atoms with E-state index < -0.39 is 41.3 Å². The van der Waals surface area contributed by atoms with Crippen molar-refractivity contribution in [3.8, 4) is 0 Å². The number of alkyl halides is 3. The molecule has 0 fully saturated rings. The molecule has 2 nitrogen and oxygen atoms in total. The van der Waals surface area contributed by atoms with E-state index in [2.05, 4.69) is 0 Å². The molecule has 8 heteroatoms. The summed E-state index contributed by atoms with van der Waals surface area (Å²) in [6, 6.07) is -1.98. The molecule has 0 amide bonds. The Morgan fingerprint density at radius 2 is 1.47 bits per heavy atom. The number of nitrogens with two attached hydrogens (primary N) is 1. The van der Waals surface area contributed by atoms with Crippen LogP contribution in [0.2, 0.25) is 0 Å². The van der Waals surface area contributed by atoms with Gasteiger partial charge in [-0.05, 0) is 6.07 Å². The maximum Gasteiger partial charge on any atom is 0.416 e. The van der Waals surface area contributed by atoms with E-state index >= 15 is 0 Å². The van der Waals surface area contributed by atoms with Gasteiger partial charge in [-0.3, -0.25) is 0 Å². The Bertz CT molecular complexity index is 419. The van der Waals surface area contributed by atoms with Crippen LogP contribution in [0.3, 0.4) is 0 Å². The first-order valence-electron chi connectivity index (χ1n) is 4.29. The minimum absolute atomic E-state index is 0.0631. The van der Waals surface area contributed by atoms with Gasteiger partial charge >= 0.3 is 6.18 Å². The molecule has 0 aliphatic rings. The molecule has 0 bridgehead atoms. The lowest BCUT2D eigenvalue weighted by molar-refractivity contribution is -0.210. The number of rotatable bonds is 2. The molecule has 1 aromatic rings. The van der Waals surface area contributed by atoms with Gasteiger partial charge < -0.3 is 10.8 Å². The molecule has 1 aromatic carbocycles. The van der Waals surface area contributed by atoms with Crippen molar-refractivity contribution in [2.24, 2.45) is 5.73 Å².